The molecule has 6 nitrogen and oxygen atoms in total. The summed E-state index contributed by atoms with van der Waals surface area (Å²) in [4.78, 5) is 0. The molecule has 0 fully saturated rings. The van der Waals surface area contributed by atoms with Gasteiger partial charge in [-0.05, 0) is 0 Å². The third kappa shape index (κ3) is 199. The Hall–Kier alpha value is 2.02. The molecule has 2 radical (unpaired) electrons. The smallest absolute Gasteiger partial charge is 0.784 e. The van der Waals surface area contributed by atoms with Gasteiger partial charge in [0.25, 0.3) is 0 Å². The van der Waals surface area contributed by atoms with E-state index in [0.29, 0.717) is 0 Å². The van der Waals surface area contributed by atoms with Gasteiger partial charge in [0, 0.05) is 0 Å². The van der Waals surface area contributed by atoms with Crippen LogP contribution in [0.25, 0.3) is 0 Å². The predicted molar refractivity (Wildman–Crippen MR) is 25.1 cm³/mol. The van der Waals surface area contributed by atoms with E-state index in [4.69, 9.17) is 26.6 Å². The van der Waals surface area contributed by atoms with Crippen LogP contribution in [0.4, 0.5) is 0 Å². The van der Waals surface area contributed by atoms with Crippen LogP contribution >= 0.6 is 0 Å². The van der Waals surface area contributed by atoms with E-state index >= 15 is 0 Å². The Morgan fingerprint density at radius 2 is 0.800 bits per heavy atom. The molecule has 0 atom stereocenters. The molecule has 0 aromatic heterocycles. The van der Waals surface area contributed by atoms with E-state index in [0.717, 1.165) is 0 Å². The SMILES string of the molecule is O=S([O-])[O-].O=S([O-])[O-].[Bi+3].[Na+]. The fraction of sp³-hybridized carbons (Fsp3) is 0. The van der Waals surface area contributed by atoms with Gasteiger partial charge in [-0.2, -0.15) is 0 Å². The first kappa shape index (κ1) is 22.7. The molecule has 0 rings (SSSR count). The first-order chi connectivity index (χ1) is 3.46. The maximum absolute atomic E-state index is 8.44. The zero-order valence-corrected chi connectivity index (χ0v) is 11.8. The average Bonchev–Trinajstić information content (AvgIpc) is 1.25. The Bertz CT molecular complexity index is 73.7. The van der Waals surface area contributed by atoms with E-state index < -0.39 is 22.7 Å². The Kier molecular flexibility index (Phi) is 39.0. The van der Waals surface area contributed by atoms with Crippen molar-refractivity contribution in [2.45, 2.75) is 0 Å². The summed E-state index contributed by atoms with van der Waals surface area (Å²) in [5, 5.41) is 0. The van der Waals surface area contributed by atoms with Gasteiger partial charge >= 0.3 is 55.8 Å². The first-order valence-corrected chi connectivity index (χ1v) is 3.00. The molecule has 0 bridgehead atoms. The second kappa shape index (κ2) is 17.2. The van der Waals surface area contributed by atoms with Crippen LogP contribution in [0, 0.1) is 0 Å². The normalized spacial score (nSPS) is 7.00. The molecule has 0 saturated heterocycles. The van der Waals surface area contributed by atoms with Gasteiger partial charge in [-0.15, -0.1) is 22.7 Å². The fourth-order valence-corrected chi connectivity index (χ4v) is 0. The summed E-state index contributed by atoms with van der Waals surface area (Å²) >= 11 is -6.22. The third-order valence-electron chi connectivity index (χ3n) is 0. The van der Waals surface area contributed by atoms with Crippen LogP contribution in [0.15, 0.2) is 0 Å². The zero-order chi connectivity index (χ0) is 7.15. The Balaban J connectivity index is -0.0000000300. The monoisotopic (exact) mass is 392 g/mol. The molecule has 0 aromatic carbocycles. The van der Waals surface area contributed by atoms with Gasteiger partial charge in [-0.1, -0.05) is 0 Å². The molecule has 0 unspecified atom stereocenters. The minimum Gasteiger partial charge on any atom is -0.784 e. The average molecular weight is 392 g/mol. The summed E-state index contributed by atoms with van der Waals surface area (Å²) in [6.07, 6.45) is 0. The topological polar surface area (TPSA) is 126 Å². The minimum atomic E-state index is -3.11. The second-order valence-electron chi connectivity index (χ2n) is 0.408. The van der Waals surface area contributed by atoms with Crippen molar-refractivity contribution >= 4 is 48.9 Å². The van der Waals surface area contributed by atoms with Gasteiger partial charge < -0.3 is 18.2 Å². The van der Waals surface area contributed by atoms with E-state index in [-0.39, 0.29) is 55.8 Å². The van der Waals surface area contributed by atoms with Gasteiger partial charge in [0.2, 0.25) is 0 Å². The van der Waals surface area contributed by atoms with Crippen LogP contribution in [-0.4, -0.2) is 52.8 Å². The van der Waals surface area contributed by atoms with Gasteiger partial charge in [-0.25, -0.2) is 0 Å². The molecular formula is BiNaO6S2. The molecule has 54 valence electrons. The maximum Gasteiger partial charge on any atom is 3.00 e. The van der Waals surface area contributed by atoms with Crippen molar-refractivity contribution in [2.75, 3.05) is 0 Å². The van der Waals surface area contributed by atoms with Crippen molar-refractivity contribution in [3.63, 3.8) is 0 Å². The summed E-state index contributed by atoms with van der Waals surface area (Å²) in [6, 6.07) is 0. The largest absolute Gasteiger partial charge is 3.00 e. The van der Waals surface area contributed by atoms with Crippen LogP contribution in [0.1, 0.15) is 0 Å². The molecule has 0 heterocycles. The molecule has 0 aromatic rings. The summed E-state index contributed by atoms with van der Waals surface area (Å²) < 4.78 is 50.7. The number of rotatable bonds is 0. The van der Waals surface area contributed by atoms with Gasteiger partial charge in [0.1, 0.15) is 0 Å². The first-order valence-electron chi connectivity index (χ1n) is 1.00. The molecular weight excluding hydrogens is 392 g/mol. The van der Waals surface area contributed by atoms with Gasteiger partial charge in [0.15, 0.2) is 0 Å². The van der Waals surface area contributed by atoms with Crippen LogP contribution in [0.3, 0.4) is 0 Å². The van der Waals surface area contributed by atoms with Crippen LogP contribution < -0.4 is 29.6 Å². The molecule has 0 saturated carbocycles. The standard InChI is InChI=1S/Bi.Na.2H2O3S/c;;2*1-4(2)3/h;;2*(H2,1,2,3)/q+3;+1;;/p-4. The quantitative estimate of drug-likeness (QED) is 0.299. The van der Waals surface area contributed by atoms with E-state index in [9.17, 15) is 0 Å². The van der Waals surface area contributed by atoms with Crippen molar-refractivity contribution in [1.29, 1.82) is 0 Å². The maximum atomic E-state index is 8.44. The summed E-state index contributed by atoms with van der Waals surface area (Å²) in [5.74, 6) is 0. The van der Waals surface area contributed by atoms with Crippen LogP contribution in [0.5, 0.6) is 0 Å². The van der Waals surface area contributed by atoms with Crippen molar-refractivity contribution in [3.8, 4) is 0 Å². The molecule has 0 aliphatic heterocycles. The van der Waals surface area contributed by atoms with Gasteiger partial charge in [-0.3, -0.25) is 8.42 Å². The Morgan fingerprint density at radius 3 is 0.800 bits per heavy atom. The van der Waals surface area contributed by atoms with E-state index in [1.165, 1.54) is 0 Å². The molecule has 10 heteroatoms. The van der Waals surface area contributed by atoms with E-state index in [1.807, 2.05) is 0 Å². The zero-order valence-electron chi connectivity index (χ0n) is 4.71. The third-order valence-corrected chi connectivity index (χ3v) is 0. The summed E-state index contributed by atoms with van der Waals surface area (Å²) in [6.45, 7) is 0. The second-order valence-corrected chi connectivity index (χ2v) is 1.22. The Morgan fingerprint density at radius 1 is 0.800 bits per heavy atom. The van der Waals surface area contributed by atoms with Crippen molar-refractivity contribution in [3.05, 3.63) is 0 Å². The number of hydrogen-bond donors (Lipinski definition) is 0. The molecule has 0 spiro atoms. The van der Waals surface area contributed by atoms with E-state index in [1.54, 1.807) is 0 Å². The van der Waals surface area contributed by atoms with E-state index in [2.05, 4.69) is 0 Å². The molecule has 0 aliphatic rings. The van der Waals surface area contributed by atoms with Crippen molar-refractivity contribution in [2.24, 2.45) is 0 Å². The molecule has 10 heavy (non-hydrogen) atoms. The Labute approximate surface area is 104 Å². The van der Waals surface area contributed by atoms with Crippen molar-refractivity contribution in [1.82, 2.24) is 0 Å². The summed E-state index contributed by atoms with van der Waals surface area (Å²) in [5.41, 5.74) is 0. The molecule has 0 aliphatic carbocycles. The predicted octanol–water partition coefficient (Wildman–Crippen LogP) is -5.38. The summed E-state index contributed by atoms with van der Waals surface area (Å²) in [7, 11) is 0. The van der Waals surface area contributed by atoms with Crippen LogP contribution in [-0.2, 0) is 22.7 Å². The van der Waals surface area contributed by atoms with Crippen molar-refractivity contribution < 1.29 is 56.2 Å². The molecule has 0 amide bonds. The molecule has 0 N–H and O–H groups in total. The van der Waals surface area contributed by atoms with Crippen LogP contribution in [0.2, 0.25) is 0 Å². The van der Waals surface area contributed by atoms with Gasteiger partial charge in [0.05, 0.1) is 0 Å². The fourth-order valence-electron chi connectivity index (χ4n) is 0. The minimum absolute atomic E-state index is 0. The number of hydrogen-bond acceptors (Lipinski definition) is 6.